The van der Waals surface area contributed by atoms with Crippen LogP contribution < -0.4 is 9.64 Å². The van der Waals surface area contributed by atoms with Crippen molar-refractivity contribution >= 4 is 33.0 Å². The average Bonchev–Trinajstić information content (AvgIpc) is 3.84. The summed E-state index contributed by atoms with van der Waals surface area (Å²) in [5, 5.41) is 28.1. The molecule has 0 spiro atoms. The molecule has 3 unspecified atom stereocenters. The number of nitrogens with zero attached hydrogens (tertiary/aromatic N) is 7. The van der Waals surface area contributed by atoms with Gasteiger partial charge in [0.2, 0.25) is 0 Å². The second kappa shape index (κ2) is 12.0. The largest absolute Gasteiger partial charge is 0.508 e. The van der Waals surface area contributed by atoms with Gasteiger partial charge < -0.3 is 19.8 Å². The number of halogens is 2. The van der Waals surface area contributed by atoms with Crippen LogP contribution in [-0.2, 0) is 6.42 Å². The van der Waals surface area contributed by atoms with Crippen LogP contribution >= 0.6 is 0 Å². The second-order valence-corrected chi connectivity index (χ2v) is 14.9. The fourth-order valence-corrected chi connectivity index (χ4v) is 9.67. The summed E-state index contributed by atoms with van der Waals surface area (Å²) in [4.78, 5) is 17.2. The van der Waals surface area contributed by atoms with Crippen LogP contribution in [0, 0.1) is 5.82 Å². The molecule has 0 radical (unpaired) electrons. The number of anilines is 1. The van der Waals surface area contributed by atoms with E-state index < -0.39 is 12.3 Å². The van der Waals surface area contributed by atoms with Crippen LogP contribution in [0.5, 0.6) is 11.8 Å². The maximum absolute atomic E-state index is 15.3. The van der Waals surface area contributed by atoms with Crippen molar-refractivity contribution in [2.24, 2.45) is 0 Å². The number of aliphatic hydroxyl groups is 1. The lowest BCUT2D eigenvalue weighted by atomic mass is 9.94. The lowest BCUT2D eigenvalue weighted by Gasteiger charge is -2.42. The molecule has 7 heterocycles. The van der Waals surface area contributed by atoms with Crippen LogP contribution in [-0.4, -0.2) is 109 Å². The van der Waals surface area contributed by atoms with Crippen LogP contribution in [0.3, 0.4) is 0 Å². The topological polar surface area (TPSA) is 102 Å². The summed E-state index contributed by atoms with van der Waals surface area (Å²) in [6, 6.07) is 11.0. The van der Waals surface area contributed by atoms with E-state index in [1.165, 1.54) is 6.07 Å². The number of ether oxygens (including phenoxy) is 1. The summed E-state index contributed by atoms with van der Waals surface area (Å²) < 4.78 is 38.3. The highest BCUT2D eigenvalue weighted by atomic mass is 19.1. The number of phenolic OH excluding ortho intramolecular Hbond substituents is 1. The molecule has 12 heteroatoms. The Bertz CT molecular complexity index is 2110. The number of aryl methyl sites for hydroxylation is 1. The number of β-amino-alcohol motifs (C(OH)–C–C–N with tert-alkyl or cyclic N) is 1. The van der Waals surface area contributed by atoms with Crippen molar-refractivity contribution in [3.05, 3.63) is 54.0 Å². The molecule has 4 aliphatic rings. The Morgan fingerprint density at radius 1 is 1.06 bits per heavy atom. The zero-order valence-corrected chi connectivity index (χ0v) is 28.5. The number of phenols is 1. The van der Waals surface area contributed by atoms with E-state index in [0.717, 1.165) is 72.8 Å². The Labute approximate surface area is 289 Å². The Kier molecular flexibility index (Phi) is 7.63. The number of aliphatic hydroxyl groups excluding tert-OH is 1. The number of fused-ring (bicyclic) bond motifs is 7. The van der Waals surface area contributed by atoms with Crippen molar-refractivity contribution < 1.29 is 23.7 Å². The third-order valence-electron chi connectivity index (χ3n) is 11.6. The summed E-state index contributed by atoms with van der Waals surface area (Å²) in [6.45, 7) is 7.63. The minimum absolute atomic E-state index is 0.0729. The SMILES string of the molecule is CCc1c(F)ccc2cc(O)cc(-c3cc4nc(OC[C@@]56CCCN5C[C@H](F)C6)nc(N5C6CCC5CN(CC(C)O)C6)c4c4ccnn34)c12. The highest BCUT2D eigenvalue weighted by molar-refractivity contribution is 6.07. The molecule has 0 aliphatic carbocycles. The number of benzene rings is 2. The molecule has 0 saturated carbocycles. The van der Waals surface area contributed by atoms with Gasteiger partial charge in [0.25, 0.3) is 0 Å². The van der Waals surface area contributed by atoms with E-state index in [4.69, 9.17) is 19.8 Å². The minimum Gasteiger partial charge on any atom is -0.508 e. The van der Waals surface area contributed by atoms with Gasteiger partial charge in [0.05, 0.1) is 40.0 Å². The van der Waals surface area contributed by atoms with Crippen LogP contribution in [0.4, 0.5) is 14.6 Å². The maximum atomic E-state index is 15.3. The van der Waals surface area contributed by atoms with Gasteiger partial charge in [-0.2, -0.15) is 15.1 Å². The first kappa shape index (κ1) is 31.8. The van der Waals surface area contributed by atoms with Crippen molar-refractivity contribution in [2.75, 3.05) is 44.2 Å². The zero-order valence-electron chi connectivity index (χ0n) is 28.5. The fraction of sp³-hybridized carbons (Fsp3) is 0.500. The van der Waals surface area contributed by atoms with Crippen molar-refractivity contribution in [1.82, 2.24) is 29.4 Å². The first-order valence-electron chi connectivity index (χ1n) is 18.0. The predicted octanol–water partition coefficient (Wildman–Crippen LogP) is 5.49. The van der Waals surface area contributed by atoms with Gasteiger partial charge in [-0.05, 0) is 92.2 Å². The number of alkyl halides is 1. The molecule has 5 aromatic rings. The van der Waals surface area contributed by atoms with Gasteiger partial charge in [0.15, 0.2) is 0 Å². The number of aromatic hydroxyl groups is 1. The van der Waals surface area contributed by atoms with Gasteiger partial charge >= 0.3 is 6.01 Å². The Morgan fingerprint density at radius 2 is 1.88 bits per heavy atom. The highest BCUT2D eigenvalue weighted by Gasteiger charge is 2.49. The van der Waals surface area contributed by atoms with E-state index in [9.17, 15) is 14.6 Å². The molecule has 4 saturated heterocycles. The van der Waals surface area contributed by atoms with E-state index >= 15 is 4.39 Å². The van der Waals surface area contributed by atoms with Crippen LogP contribution in [0.2, 0.25) is 0 Å². The van der Waals surface area contributed by atoms with Gasteiger partial charge in [0, 0.05) is 50.2 Å². The first-order valence-corrected chi connectivity index (χ1v) is 18.0. The summed E-state index contributed by atoms with van der Waals surface area (Å²) >= 11 is 0. The maximum Gasteiger partial charge on any atom is 0.319 e. The van der Waals surface area contributed by atoms with Crippen molar-refractivity contribution in [3.63, 3.8) is 0 Å². The van der Waals surface area contributed by atoms with E-state index in [-0.39, 0.29) is 35.2 Å². The van der Waals surface area contributed by atoms with Crippen LogP contribution in [0.25, 0.3) is 38.4 Å². The third-order valence-corrected chi connectivity index (χ3v) is 11.6. The quantitative estimate of drug-likeness (QED) is 0.220. The van der Waals surface area contributed by atoms with Crippen molar-refractivity contribution in [2.45, 2.75) is 82.3 Å². The monoisotopic (exact) mass is 683 g/mol. The zero-order chi connectivity index (χ0) is 34.3. The number of piperazine rings is 1. The Hall–Kier alpha value is -4.13. The molecular weight excluding hydrogens is 640 g/mol. The lowest BCUT2D eigenvalue weighted by Crippen LogP contribution is -2.55. The molecule has 2 bridgehead atoms. The third kappa shape index (κ3) is 5.09. The van der Waals surface area contributed by atoms with Gasteiger partial charge in [0.1, 0.15) is 30.2 Å². The van der Waals surface area contributed by atoms with Gasteiger partial charge in [-0.15, -0.1) is 0 Å². The molecule has 262 valence electrons. The smallest absolute Gasteiger partial charge is 0.319 e. The van der Waals surface area contributed by atoms with E-state index in [0.29, 0.717) is 54.9 Å². The molecule has 4 fully saturated rings. The van der Waals surface area contributed by atoms with Gasteiger partial charge in [-0.25, -0.2) is 13.3 Å². The van der Waals surface area contributed by atoms with Crippen LogP contribution in [0.1, 0.15) is 51.5 Å². The standard InChI is InChI=1S/C38H43F2N7O3/c1-3-28-30(40)8-5-23-13-27(49)14-29(34(23)28)33-15-31-35(32-9-11-41-47(32)33)36(46-25-6-7-26(46)20-44(19-25)17-22(2)48)43-37(42-31)50-21-38-10-4-12-45(38)18-24(39)16-38/h5,8-9,11,13-15,22,24-26,48-49H,3-4,6-7,10,12,16-21H2,1-2H3/t22?,24-,25?,26?,38+/m1/s1. The first-order chi connectivity index (χ1) is 24.2. The Morgan fingerprint density at radius 3 is 2.66 bits per heavy atom. The summed E-state index contributed by atoms with van der Waals surface area (Å²) in [5.74, 6) is 0.560. The van der Waals surface area contributed by atoms with Gasteiger partial charge in [-0.3, -0.25) is 9.80 Å². The van der Waals surface area contributed by atoms with Crippen molar-refractivity contribution in [3.8, 4) is 23.0 Å². The summed E-state index contributed by atoms with van der Waals surface area (Å²) in [7, 11) is 0. The predicted molar refractivity (Wildman–Crippen MR) is 188 cm³/mol. The molecule has 0 amide bonds. The number of aromatic nitrogens is 4. The van der Waals surface area contributed by atoms with E-state index in [1.54, 1.807) is 24.4 Å². The average molecular weight is 684 g/mol. The molecule has 9 rings (SSSR count). The van der Waals surface area contributed by atoms with E-state index in [1.807, 2.05) is 30.5 Å². The molecule has 50 heavy (non-hydrogen) atoms. The molecule has 10 nitrogen and oxygen atoms in total. The van der Waals surface area contributed by atoms with Crippen molar-refractivity contribution in [1.29, 1.82) is 0 Å². The lowest BCUT2D eigenvalue weighted by molar-refractivity contribution is 0.107. The second-order valence-electron chi connectivity index (χ2n) is 14.9. The van der Waals surface area contributed by atoms with E-state index in [2.05, 4.69) is 14.7 Å². The summed E-state index contributed by atoms with van der Waals surface area (Å²) in [6.07, 6.45) is 5.30. The highest BCUT2D eigenvalue weighted by Crippen LogP contribution is 2.44. The van der Waals surface area contributed by atoms with Gasteiger partial charge in [-0.1, -0.05) is 13.0 Å². The molecule has 3 aromatic heterocycles. The molecule has 2 N–H and O–H groups in total. The number of likely N-dealkylation sites (tertiary alicyclic amines) is 1. The Balaban J connectivity index is 1.23. The molecule has 2 aromatic carbocycles. The molecular formula is C38H43F2N7O3. The molecule has 4 aliphatic heterocycles. The normalized spacial score (nSPS) is 26.1. The fourth-order valence-electron chi connectivity index (χ4n) is 9.67. The summed E-state index contributed by atoms with van der Waals surface area (Å²) in [5.41, 5.74) is 2.98. The number of pyridine rings is 1. The number of rotatable bonds is 8. The molecule has 5 atom stereocenters. The minimum atomic E-state index is -0.867. The number of hydrogen-bond donors (Lipinski definition) is 2. The number of hydrogen-bond acceptors (Lipinski definition) is 9. The van der Waals surface area contributed by atoms with Crippen LogP contribution in [0.15, 0.2) is 42.6 Å².